The van der Waals surface area contributed by atoms with Crippen molar-refractivity contribution in [3.8, 4) is 0 Å². The highest BCUT2D eigenvalue weighted by atomic mass is 35.5. The maximum absolute atomic E-state index is 10.9. The molecule has 0 N–H and O–H groups in total. The Balaban J connectivity index is 3.73. The fraction of sp³-hybridized carbons (Fsp3) is 0.909. The Bertz CT molecular complexity index is 159. The number of esters is 1. The lowest BCUT2D eigenvalue weighted by molar-refractivity contribution is -0.144. The molecule has 0 aromatic heterocycles. The molecule has 0 rings (SSSR count). The lowest BCUT2D eigenvalue weighted by atomic mass is 10.0. The number of halogens is 1. The van der Waals surface area contributed by atoms with Crippen LogP contribution in [-0.4, -0.2) is 18.0 Å². The van der Waals surface area contributed by atoms with Gasteiger partial charge in [-0.2, -0.15) is 0 Å². The van der Waals surface area contributed by atoms with Crippen LogP contribution in [0.2, 0.25) is 0 Å². The Morgan fingerprint density at radius 2 is 1.93 bits per heavy atom. The molecule has 84 valence electrons. The molecule has 0 fully saturated rings. The molecule has 0 aromatic carbocycles. The molecule has 2 unspecified atom stereocenters. The zero-order chi connectivity index (χ0) is 11.0. The maximum atomic E-state index is 10.9. The van der Waals surface area contributed by atoms with Crippen molar-refractivity contribution < 1.29 is 9.53 Å². The number of carbonyl (C=O) groups is 1. The molecule has 2 atom stereocenters. The summed E-state index contributed by atoms with van der Waals surface area (Å²) < 4.78 is 5.09. The van der Waals surface area contributed by atoms with Crippen LogP contribution in [0.5, 0.6) is 0 Å². The Hall–Kier alpha value is -0.240. The van der Waals surface area contributed by atoms with E-state index >= 15 is 0 Å². The van der Waals surface area contributed by atoms with E-state index in [9.17, 15) is 4.79 Å². The van der Waals surface area contributed by atoms with Gasteiger partial charge in [0.15, 0.2) is 0 Å². The zero-order valence-electron chi connectivity index (χ0n) is 9.38. The zero-order valence-corrected chi connectivity index (χ0v) is 10.1. The molecule has 0 aliphatic heterocycles. The van der Waals surface area contributed by atoms with Gasteiger partial charge in [-0.1, -0.05) is 27.2 Å². The number of rotatable bonds is 7. The molecule has 3 heteroatoms. The summed E-state index contributed by atoms with van der Waals surface area (Å²) >= 11 is 6.05. The second kappa shape index (κ2) is 8.10. The van der Waals surface area contributed by atoms with E-state index in [2.05, 4.69) is 13.8 Å². The van der Waals surface area contributed by atoms with E-state index in [1.807, 2.05) is 0 Å². The minimum Gasteiger partial charge on any atom is -0.465 e. The molecule has 0 amide bonds. The first kappa shape index (κ1) is 13.8. The van der Waals surface area contributed by atoms with Crippen LogP contribution in [0.3, 0.4) is 0 Å². The van der Waals surface area contributed by atoms with E-state index in [0.29, 0.717) is 18.9 Å². The molecule has 0 saturated carbocycles. The van der Waals surface area contributed by atoms with Crippen molar-refractivity contribution in [3.63, 3.8) is 0 Å². The van der Waals surface area contributed by atoms with Gasteiger partial charge in [-0.05, 0) is 18.8 Å². The van der Waals surface area contributed by atoms with E-state index in [-0.39, 0.29) is 11.3 Å². The minimum absolute atomic E-state index is 0.119. The van der Waals surface area contributed by atoms with E-state index < -0.39 is 0 Å². The average Bonchev–Trinajstić information content (AvgIpc) is 2.22. The van der Waals surface area contributed by atoms with Crippen LogP contribution in [0.4, 0.5) is 0 Å². The van der Waals surface area contributed by atoms with Crippen molar-refractivity contribution in [3.05, 3.63) is 0 Å². The molecule has 0 aromatic rings. The predicted molar refractivity (Wildman–Crippen MR) is 59.6 cm³/mol. The molecule has 2 nitrogen and oxygen atoms in total. The summed E-state index contributed by atoms with van der Waals surface area (Å²) in [6.45, 7) is 6.50. The first-order chi connectivity index (χ1) is 6.63. The SMILES string of the molecule is CCC(=O)OCC(CC)CC(Cl)CC. The molecule has 0 aliphatic rings. The molecule has 0 heterocycles. The molecule has 0 spiro atoms. The van der Waals surface area contributed by atoms with Gasteiger partial charge >= 0.3 is 5.97 Å². The van der Waals surface area contributed by atoms with Crippen molar-refractivity contribution in [1.29, 1.82) is 0 Å². The maximum Gasteiger partial charge on any atom is 0.305 e. The van der Waals surface area contributed by atoms with Gasteiger partial charge in [0, 0.05) is 11.8 Å². The Kier molecular flexibility index (Phi) is 7.96. The van der Waals surface area contributed by atoms with Gasteiger partial charge in [-0.3, -0.25) is 4.79 Å². The molecule has 0 saturated heterocycles. The summed E-state index contributed by atoms with van der Waals surface area (Å²) in [7, 11) is 0. The van der Waals surface area contributed by atoms with Crippen molar-refractivity contribution in [2.45, 2.75) is 51.8 Å². The highest BCUT2D eigenvalue weighted by Gasteiger charge is 2.13. The number of alkyl halides is 1. The Morgan fingerprint density at radius 3 is 2.36 bits per heavy atom. The summed E-state index contributed by atoms with van der Waals surface area (Å²) in [6.07, 6.45) is 3.38. The minimum atomic E-state index is -0.119. The largest absolute Gasteiger partial charge is 0.465 e. The lowest BCUT2D eigenvalue weighted by Gasteiger charge is -2.17. The predicted octanol–water partition coefficient (Wildman–Crippen LogP) is 3.37. The van der Waals surface area contributed by atoms with E-state index in [0.717, 1.165) is 19.3 Å². The quantitative estimate of drug-likeness (QED) is 0.486. The van der Waals surface area contributed by atoms with Gasteiger partial charge in [0.2, 0.25) is 0 Å². The van der Waals surface area contributed by atoms with Crippen LogP contribution in [0, 0.1) is 5.92 Å². The third-order valence-corrected chi connectivity index (χ3v) is 2.86. The second-order valence-corrected chi connectivity index (χ2v) is 4.17. The third-order valence-electron chi connectivity index (χ3n) is 2.38. The van der Waals surface area contributed by atoms with Crippen LogP contribution in [0.1, 0.15) is 46.5 Å². The fourth-order valence-electron chi connectivity index (χ4n) is 1.19. The molecule has 0 bridgehead atoms. The lowest BCUT2D eigenvalue weighted by Crippen LogP contribution is -2.16. The van der Waals surface area contributed by atoms with Crippen molar-refractivity contribution in [1.82, 2.24) is 0 Å². The molecule has 0 aliphatic carbocycles. The van der Waals surface area contributed by atoms with Gasteiger partial charge in [-0.25, -0.2) is 0 Å². The van der Waals surface area contributed by atoms with Gasteiger partial charge in [0.1, 0.15) is 0 Å². The number of hydrogen-bond acceptors (Lipinski definition) is 2. The summed E-state index contributed by atoms with van der Waals surface area (Å²) in [5, 5.41) is 0.209. The van der Waals surface area contributed by atoms with Crippen LogP contribution < -0.4 is 0 Å². The van der Waals surface area contributed by atoms with E-state index in [4.69, 9.17) is 16.3 Å². The van der Waals surface area contributed by atoms with Gasteiger partial charge in [0.25, 0.3) is 0 Å². The van der Waals surface area contributed by atoms with Crippen LogP contribution in [-0.2, 0) is 9.53 Å². The molecular formula is C11H21ClO2. The van der Waals surface area contributed by atoms with Gasteiger partial charge < -0.3 is 4.74 Å². The topological polar surface area (TPSA) is 26.3 Å². The first-order valence-electron chi connectivity index (χ1n) is 5.43. The Labute approximate surface area is 92.0 Å². The molecule has 14 heavy (non-hydrogen) atoms. The summed E-state index contributed by atoms with van der Waals surface area (Å²) in [6, 6.07) is 0. The van der Waals surface area contributed by atoms with Crippen molar-refractivity contribution in [2.24, 2.45) is 5.92 Å². The molecular weight excluding hydrogens is 200 g/mol. The van der Waals surface area contributed by atoms with Gasteiger partial charge in [0.05, 0.1) is 6.61 Å². The average molecular weight is 221 g/mol. The van der Waals surface area contributed by atoms with Gasteiger partial charge in [-0.15, -0.1) is 11.6 Å². The highest BCUT2D eigenvalue weighted by molar-refractivity contribution is 6.20. The summed E-state index contributed by atoms with van der Waals surface area (Å²) in [4.78, 5) is 10.9. The summed E-state index contributed by atoms with van der Waals surface area (Å²) in [5.41, 5.74) is 0. The smallest absolute Gasteiger partial charge is 0.305 e. The number of carbonyl (C=O) groups excluding carboxylic acids is 1. The first-order valence-corrected chi connectivity index (χ1v) is 5.87. The highest BCUT2D eigenvalue weighted by Crippen LogP contribution is 2.17. The number of hydrogen-bond donors (Lipinski definition) is 0. The fourth-order valence-corrected chi connectivity index (χ4v) is 1.45. The van der Waals surface area contributed by atoms with Crippen molar-refractivity contribution >= 4 is 17.6 Å². The standard InChI is InChI=1S/C11H21ClO2/c1-4-9(7-10(12)5-2)8-14-11(13)6-3/h9-10H,4-8H2,1-3H3. The van der Waals surface area contributed by atoms with E-state index in [1.54, 1.807) is 6.92 Å². The van der Waals surface area contributed by atoms with Crippen LogP contribution in [0.25, 0.3) is 0 Å². The van der Waals surface area contributed by atoms with Crippen molar-refractivity contribution in [2.75, 3.05) is 6.61 Å². The second-order valence-electron chi connectivity index (χ2n) is 3.55. The summed E-state index contributed by atoms with van der Waals surface area (Å²) in [5.74, 6) is 0.291. The Morgan fingerprint density at radius 1 is 1.29 bits per heavy atom. The van der Waals surface area contributed by atoms with Crippen LogP contribution >= 0.6 is 11.6 Å². The normalized spacial score (nSPS) is 14.9. The molecule has 0 radical (unpaired) electrons. The van der Waals surface area contributed by atoms with E-state index in [1.165, 1.54) is 0 Å². The van der Waals surface area contributed by atoms with Crippen LogP contribution in [0.15, 0.2) is 0 Å². The monoisotopic (exact) mass is 220 g/mol. The third kappa shape index (κ3) is 6.25. The number of ether oxygens (including phenoxy) is 1.